The lowest BCUT2D eigenvalue weighted by molar-refractivity contribution is -0.101. The van der Waals surface area contributed by atoms with Crippen LogP contribution >= 0.6 is 15.9 Å². The Morgan fingerprint density at radius 2 is 2.00 bits per heavy atom. The average molecular weight is 348 g/mol. The Bertz CT molecular complexity index is 538. The van der Waals surface area contributed by atoms with Crippen molar-refractivity contribution in [2.24, 2.45) is 22.7 Å². The third-order valence-corrected chi connectivity index (χ3v) is 7.85. The number of alkyl halides is 1. The van der Waals surface area contributed by atoms with Gasteiger partial charge in [-0.3, -0.25) is 4.98 Å². The highest BCUT2D eigenvalue weighted by molar-refractivity contribution is 9.09. The summed E-state index contributed by atoms with van der Waals surface area (Å²) in [5.41, 5.74) is 3.82. The van der Waals surface area contributed by atoms with Crippen LogP contribution in [0.1, 0.15) is 56.7 Å². The van der Waals surface area contributed by atoms with Crippen LogP contribution < -0.4 is 0 Å². The van der Waals surface area contributed by atoms with Crippen molar-refractivity contribution in [1.29, 1.82) is 0 Å². The van der Waals surface area contributed by atoms with E-state index in [-0.39, 0.29) is 0 Å². The van der Waals surface area contributed by atoms with Gasteiger partial charge >= 0.3 is 0 Å². The number of aryl methyl sites for hydroxylation is 1. The van der Waals surface area contributed by atoms with Gasteiger partial charge in [-0.05, 0) is 79.7 Å². The molecule has 0 spiro atoms. The summed E-state index contributed by atoms with van der Waals surface area (Å²) in [6.45, 7) is 4.76. The van der Waals surface area contributed by atoms with E-state index < -0.39 is 0 Å². The van der Waals surface area contributed by atoms with E-state index in [1.165, 1.54) is 49.8 Å². The van der Waals surface area contributed by atoms with Crippen LogP contribution in [0, 0.1) is 29.6 Å². The summed E-state index contributed by atoms with van der Waals surface area (Å²) in [5, 5.41) is 0. The van der Waals surface area contributed by atoms with Crippen molar-refractivity contribution in [2.45, 2.75) is 63.6 Å². The maximum atomic E-state index is 4.63. The van der Waals surface area contributed by atoms with Crippen LogP contribution in [0.3, 0.4) is 0 Å². The molecule has 1 aromatic heterocycles. The molecule has 1 nitrogen and oxygen atoms in total. The van der Waals surface area contributed by atoms with Crippen LogP contribution in [0.15, 0.2) is 18.3 Å². The molecule has 1 aromatic rings. The molecule has 0 radical (unpaired) electrons. The van der Waals surface area contributed by atoms with Crippen molar-refractivity contribution in [1.82, 2.24) is 4.98 Å². The van der Waals surface area contributed by atoms with E-state index in [9.17, 15) is 0 Å². The summed E-state index contributed by atoms with van der Waals surface area (Å²) in [4.78, 5) is 5.23. The van der Waals surface area contributed by atoms with Crippen molar-refractivity contribution in [3.05, 3.63) is 29.6 Å². The van der Waals surface area contributed by atoms with E-state index in [1.54, 1.807) is 0 Å². The van der Waals surface area contributed by atoms with Crippen LogP contribution in [0.4, 0.5) is 0 Å². The molecule has 2 heteroatoms. The van der Waals surface area contributed by atoms with Crippen molar-refractivity contribution >= 4 is 15.9 Å². The Morgan fingerprint density at radius 1 is 1.29 bits per heavy atom. The summed E-state index contributed by atoms with van der Waals surface area (Å²) in [6, 6.07) is 4.25. The molecule has 4 bridgehead atoms. The third kappa shape index (κ3) is 2.38. The lowest BCUT2D eigenvalue weighted by Gasteiger charge is -2.63. The van der Waals surface area contributed by atoms with Gasteiger partial charge in [0.15, 0.2) is 0 Å². The largest absolute Gasteiger partial charge is 0.261 e. The number of rotatable bonds is 3. The molecule has 0 aromatic carbocycles. The predicted octanol–water partition coefficient (Wildman–Crippen LogP) is 5.30. The van der Waals surface area contributed by atoms with Gasteiger partial charge in [0.25, 0.3) is 0 Å². The van der Waals surface area contributed by atoms with E-state index in [0.717, 1.165) is 18.3 Å². The van der Waals surface area contributed by atoms with Gasteiger partial charge in [-0.15, -0.1) is 0 Å². The molecule has 5 rings (SSSR count). The van der Waals surface area contributed by atoms with Gasteiger partial charge in [0, 0.05) is 23.1 Å². The molecule has 0 N–H and O–H groups in total. The maximum Gasteiger partial charge on any atom is 0.0444 e. The van der Waals surface area contributed by atoms with Crippen molar-refractivity contribution in [3.63, 3.8) is 0 Å². The van der Waals surface area contributed by atoms with E-state index in [0.29, 0.717) is 15.7 Å². The molecule has 0 aliphatic heterocycles. The molecule has 21 heavy (non-hydrogen) atoms. The zero-order chi connectivity index (χ0) is 14.7. The standard InChI is InChI=1S/C19H26BrN/c1-13-4-3-5-21-16(13)7-17(20)19-10-14-6-15(11-19)9-18(2,8-14)12-19/h3-5,14-15,17H,6-12H2,1-2H3. The minimum Gasteiger partial charge on any atom is -0.261 e. The topological polar surface area (TPSA) is 12.9 Å². The van der Waals surface area contributed by atoms with Gasteiger partial charge in [0.1, 0.15) is 0 Å². The zero-order valence-electron chi connectivity index (χ0n) is 13.2. The molecular weight excluding hydrogens is 322 g/mol. The van der Waals surface area contributed by atoms with Crippen molar-refractivity contribution < 1.29 is 0 Å². The molecule has 4 aliphatic rings. The molecular formula is C19H26BrN. The van der Waals surface area contributed by atoms with Gasteiger partial charge in [-0.1, -0.05) is 28.9 Å². The third-order valence-electron chi connectivity index (χ3n) is 6.55. The summed E-state index contributed by atoms with van der Waals surface area (Å²) >= 11 is 4.12. The molecule has 4 aliphatic carbocycles. The number of pyridine rings is 1. The molecule has 4 saturated carbocycles. The number of hydrogen-bond acceptors (Lipinski definition) is 1. The van der Waals surface area contributed by atoms with E-state index in [2.05, 4.69) is 40.8 Å². The molecule has 114 valence electrons. The van der Waals surface area contributed by atoms with Gasteiger partial charge in [-0.2, -0.15) is 0 Å². The average Bonchev–Trinajstić information content (AvgIpc) is 2.38. The first kappa shape index (κ1) is 14.2. The molecule has 1 heterocycles. The fraction of sp³-hybridized carbons (Fsp3) is 0.737. The zero-order valence-corrected chi connectivity index (χ0v) is 14.8. The summed E-state index contributed by atoms with van der Waals surface area (Å²) in [7, 11) is 0. The predicted molar refractivity (Wildman–Crippen MR) is 90.6 cm³/mol. The summed E-state index contributed by atoms with van der Waals surface area (Å²) in [5.74, 6) is 2.00. The Labute approximate surface area is 137 Å². The van der Waals surface area contributed by atoms with Gasteiger partial charge in [0.2, 0.25) is 0 Å². The van der Waals surface area contributed by atoms with Crippen LogP contribution in [-0.4, -0.2) is 9.81 Å². The van der Waals surface area contributed by atoms with Gasteiger partial charge < -0.3 is 0 Å². The van der Waals surface area contributed by atoms with E-state index >= 15 is 0 Å². The minimum absolute atomic E-state index is 0.544. The van der Waals surface area contributed by atoms with Crippen LogP contribution in [0.5, 0.6) is 0 Å². The summed E-state index contributed by atoms with van der Waals surface area (Å²) in [6.07, 6.45) is 11.9. The van der Waals surface area contributed by atoms with Gasteiger partial charge in [-0.25, -0.2) is 0 Å². The quantitative estimate of drug-likeness (QED) is 0.675. The first-order valence-electron chi connectivity index (χ1n) is 8.53. The minimum atomic E-state index is 0.544. The van der Waals surface area contributed by atoms with Crippen LogP contribution in [-0.2, 0) is 6.42 Å². The Balaban J connectivity index is 1.59. The normalized spacial score (nSPS) is 42.2. The molecule has 0 saturated heterocycles. The second-order valence-electron chi connectivity index (χ2n) is 8.57. The second-order valence-corrected chi connectivity index (χ2v) is 9.68. The SMILES string of the molecule is Cc1cccnc1CC(Br)C12CC3CC(CC(C)(C3)C1)C2. The number of halogens is 1. The van der Waals surface area contributed by atoms with E-state index in [4.69, 9.17) is 0 Å². The fourth-order valence-electron chi connectivity index (χ4n) is 6.28. The van der Waals surface area contributed by atoms with Crippen LogP contribution in [0.25, 0.3) is 0 Å². The second kappa shape index (κ2) is 4.81. The highest BCUT2D eigenvalue weighted by Gasteiger charge is 2.57. The fourth-order valence-corrected chi connectivity index (χ4v) is 7.13. The highest BCUT2D eigenvalue weighted by Crippen LogP contribution is 2.67. The Kier molecular flexibility index (Phi) is 3.26. The smallest absolute Gasteiger partial charge is 0.0444 e. The maximum absolute atomic E-state index is 4.63. The van der Waals surface area contributed by atoms with Gasteiger partial charge in [0.05, 0.1) is 0 Å². The summed E-state index contributed by atoms with van der Waals surface area (Å²) < 4.78 is 0. The van der Waals surface area contributed by atoms with Crippen LogP contribution in [0.2, 0.25) is 0 Å². The number of aromatic nitrogens is 1. The molecule has 3 atom stereocenters. The number of nitrogens with zero attached hydrogens (tertiary/aromatic N) is 1. The molecule has 0 amide bonds. The number of hydrogen-bond donors (Lipinski definition) is 0. The van der Waals surface area contributed by atoms with Crippen molar-refractivity contribution in [3.8, 4) is 0 Å². The van der Waals surface area contributed by atoms with Crippen molar-refractivity contribution in [2.75, 3.05) is 0 Å². The molecule has 4 fully saturated rings. The monoisotopic (exact) mass is 347 g/mol. The molecule has 3 unspecified atom stereocenters. The Morgan fingerprint density at radius 3 is 2.62 bits per heavy atom. The lowest BCUT2D eigenvalue weighted by Crippen LogP contribution is -2.54. The van der Waals surface area contributed by atoms with E-state index in [1.807, 2.05) is 12.3 Å². The Hall–Kier alpha value is -0.370. The first-order valence-corrected chi connectivity index (χ1v) is 9.44. The first-order chi connectivity index (χ1) is 9.98. The lowest BCUT2D eigenvalue weighted by atomic mass is 9.44. The highest BCUT2D eigenvalue weighted by atomic mass is 79.9.